The first-order chi connectivity index (χ1) is 14.5. The predicted molar refractivity (Wildman–Crippen MR) is 117 cm³/mol. The van der Waals surface area contributed by atoms with Gasteiger partial charge >= 0.3 is 0 Å². The molecule has 0 spiro atoms. The molecule has 0 unspecified atom stereocenters. The minimum Gasteiger partial charge on any atom is -0.506 e. The van der Waals surface area contributed by atoms with Gasteiger partial charge in [0.25, 0.3) is 11.8 Å². The summed E-state index contributed by atoms with van der Waals surface area (Å²) in [5, 5.41) is 12.5. The zero-order chi connectivity index (χ0) is 20.8. The molecule has 3 aromatic carbocycles. The summed E-state index contributed by atoms with van der Waals surface area (Å²) in [4.78, 5) is 31.8. The van der Waals surface area contributed by atoms with Gasteiger partial charge in [-0.3, -0.25) is 9.59 Å². The van der Waals surface area contributed by atoms with Gasteiger partial charge in [-0.1, -0.05) is 41.9 Å². The highest BCUT2D eigenvalue weighted by molar-refractivity contribution is 7.13. The third kappa shape index (κ3) is 2.89. The number of para-hydroxylation sites is 1. The largest absolute Gasteiger partial charge is 0.506 e. The molecule has 0 radical (unpaired) electrons. The number of hydrogen-bond donors (Lipinski definition) is 1. The van der Waals surface area contributed by atoms with Crippen LogP contribution in [0.15, 0.2) is 72.1 Å². The third-order valence-corrected chi connectivity index (χ3v) is 6.11. The van der Waals surface area contributed by atoms with Crippen molar-refractivity contribution in [2.75, 3.05) is 4.90 Å². The number of thiazole rings is 1. The van der Waals surface area contributed by atoms with E-state index in [9.17, 15) is 14.7 Å². The van der Waals surface area contributed by atoms with E-state index in [1.807, 2.05) is 17.5 Å². The van der Waals surface area contributed by atoms with E-state index in [-0.39, 0.29) is 22.6 Å². The van der Waals surface area contributed by atoms with Gasteiger partial charge in [-0.25, -0.2) is 9.88 Å². The second kappa shape index (κ2) is 7.09. The molecule has 0 bridgehead atoms. The van der Waals surface area contributed by atoms with Gasteiger partial charge in [-0.15, -0.1) is 11.3 Å². The van der Waals surface area contributed by atoms with Crippen LogP contribution < -0.4 is 4.90 Å². The molecular weight excluding hydrogens is 420 g/mol. The van der Waals surface area contributed by atoms with Crippen LogP contribution in [0.25, 0.3) is 21.8 Å². The number of hydrogen-bond acceptors (Lipinski definition) is 5. The van der Waals surface area contributed by atoms with Gasteiger partial charge in [0.2, 0.25) is 0 Å². The van der Waals surface area contributed by atoms with E-state index in [0.717, 1.165) is 5.56 Å². The van der Waals surface area contributed by atoms with Crippen LogP contribution in [-0.2, 0) is 0 Å². The molecule has 0 aliphatic carbocycles. The fourth-order valence-electron chi connectivity index (χ4n) is 3.46. The number of fused-ring (bicyclic) bond motifs is 1. The van der Waals surface area contributed by atoms with Crippen LogP contribution >= 0.6 is 22.9 Å². The normalized spacial score (nSPS) is 13.0. The molecule has 4 aromatic rings. The van der Waals surface area contributed by atoms with Gasteiger partial charge < -0.3 is 5.11 Å². The van der Waals surface area contributed by atoms with Crippen molar-refractivity contribution in [1.82, 2.24) is 4.98 Å². The van der Waals surface area contributed by atoms with Gasteiger partial charge in [0.15, 0.2) is 0 Å². The number of halogens is 1. The number of carbonyl (C=O) groups is 2. The summed E-state index contributed by atoms with van der Waals surface area (Å²) in [6, 6.07) is 18.9. The molecular formula is C23H13ClN2O3S. The van der Waals surface area contributed by atoms with Crippen molar-refractivity contribution in [3.05, 3.63) is 88.3 Å². The first-order valence-corrected chi connectivity index (χ1v) is 10.3. The molecule has 0 fully saturated rings. The molecule has 0 saturated carbocycles. The van der Waals surface area contributed by atoms with Gasteiger partial charge in [0.05, 0.1) is 27.5 Å². The zero-order valence-corrected chi connectivity index (χ0v) is 16.9. The number of phenolic OH excluding ortho intramolecular Hbond substituents is 1. The molecule has 30 heavy (non-hydrogen) atoms. The molecule has 2 heterocycles. The van der Waals surface area contributed by atoms with Gasteiger partial charge in [0.1, 0.15) is 10.8 Å². The molecule has 1 aliphatic heterocycles. The first kappa shape index (κ1) is 18.5. The van der Waals surface area contributed by atoms with Crippen LogP contribution in [0.2, 0.25) is 5.02 Å². The van der Waals surface area contributed by atoms with Crippen LogP contribution in [0.5, 0.6) is 5.75 Å². The second-order valence-electron chi connectivity index (χ2n) is 6.71. The number of carbonyl (C=O) groups excluding carboxylic acids is 2. The van der Waals surface area contributed by atoms with E-state index in [1.54, 1.807) is 48.5 Å². The van der Waals surface area contributed by atoms with Crippen molar-refractivity contribution in [1.29, 1.82) is 0 Å². The number of aromatic hydroxyl groups is 1. The number of anilines is 1. The minimum absolute atomic E-state index is 0.00756. The fourth-order valence-corrected chi connectivity index (χ4v) is 4.46. The number of nitrogens with zero attached hydrogens (tertiary/aromatic N) is 2. The van der Waals surface area contributed by atoms with Gasteiger partial charge in [-0.2, -0.15) is 0 Å². The minimum atomic E-state index is -0.344. The summed E-state index contributed by atoms with van der Waals surface area (Å²) in [5.74, 6) is -0.680. The predicted octanol–water partition coefficient (Wildman–Crippen LogP) is 5.64. The van der Waals surface area contributed by atoms with Crippen LogP contribution in [0.4, 0.5) is 5.69 Å². The third-order valence-electron chi connectivity index (χ3n) is 4.91. The lowest BCUT2D eigenvalue weighted by Crippen LogP contribution is -2.29. The Morgan fingerprint density at radius 3 is 2.17 bits per heavy atom. The molecule has 0 atom stereocenters. The van der Waals surface area contributed by atoms with Crippen molar-refractivity contribution < 1.29 is 14.7 Å². The Labute approximate surface area is 180 Å². The highest BCUT2D eigenvalue weighted by atomic mass is 35.5. The maximum Gasteiger partial charge on any atom is 0.266 e. The first-order valence-electron chi connectivity index (χ1n) is 9.06. The van der Waals surface area contributed by atoms with Crippen molar-refractivity contribution in [2.24, 2.45) is 0 Å². The van der Waals surface area contributed by atoms with Crippen molar-refractivity contribution in [2.45, 2.75) is 0 Å². The van der Waals surface area contributed by atoms with E-state index < -0.39 is 0 Å². The van der Waals surface area contributed by atoms with Crippen molar-refractivity contribution in [3.8, 4) is 27.6 Å². The molecule has 2 amide bonds. The summed E-state index contributed by atoms with van der Waals surface area (Å²) in [5.41, 5.74) is 3.38. The molecule has 1 N–H and O–H groups in total. The maximum absolute atomic E-state index is 12.9. The molecule has 5 nitrogen and oxygen atoms in total. The van der Waals surface area contributed by atoms with E-state index in [1.165, 1.54) is 22.3 Å². The molecule has 5 rings (SSSR count). The summed E-state index contributed by atoms with van der Waals surface area (Å²) >= 11 is 7.43. The fraction of sp³-hybridized carbons (Fsp3) is 0. The summed E-state index contributed by atoms with van der Waals surface area (Å²) < 4.78 is 0. The number of benzene rings is 3. The summed E-state index contributed by atoms with van der Waals surface area (Å²) in [7, 11) is 0. The average molecular weight is 433 g/mol. The topological polar surface area (TPSA) is 70.5 Å². The Balaban J connectivity index is 1.57. The van der Waals surface area contributed by atoms with Crippen molar-refractivity contribution >= 4 is 40.4 Å². The number of rotatable bonds is 3. The number of imide groups is 1. The number of aromatic nitrogens is 1. The molecule has 146 valence electrons. The van der Waals surface area contributed by atoms with E-state index in [0.29, 0.717) is 33.1 Å². The lowest BCUT2D eigenvalue weighted by atomic mass is 10.1. The Hall–Kier alpha value is -3.48. The molecule has 7 heteroatoms. The van der Waals surface area contributed by atoms with Crippen LogP contribution in [-0.4, -0.2) is 21.9 Å². The average Bonchev–Trinajstić information content (AvgIpc) is 3.34. The quantitative estimate of drug-likeness (QED) is 0.425. The summed E-state index contributed by atoms with van der Waals surface area (Å²) in [6.07, 6.45) is 0. The standard InChI is InChI=1S/C23H13ClN2O3S/c24-17-11-13(9-10-20(17)27)21-25-18(12-30-21)16-7-3-4-8-19(16)26-22(28)14-5-1-2-6-15(14)23(26)29/h1-12,27H. The Morgan fingerprint density at radius 2 is 1.50 bits per heavy atom. The van der Waals surface area contributed by atoms with Gasteiger partial charge in [0, 0.05) is 16.5 Å². The lowest BCUT2D eigenvalue weighted by molar-refractivity contribution is 0.0926. The van der Waals surface area contributed by atoms with E-state index in [4.69, 9.17) is 11.6 Å². The molecule has 1 aromatic heterocycles. The van der Waals surface area contributed by atoms with E-state index >= 15 is 0 Å². The Bertz CT molecular complexity index is 1300. The van der Waals surface area contributed by atoms with E-state index in [2.05, 4.69) is 4.98 Å². The SMILES string of the molecule is O=C1c2ccccc2C(=O)N1c1ccccc1-c1csc(-c2ccc(O)c(Cl)c2)n1. The monoisotopic (exact) mass is 432 g/mol. The van der Waals surface area contributed by atoms with Crippen LogP contribution in [0.1, 0.15) is 20.7 Å². The smallest absolute Gasteiger partial charge is 0.266 e. The van der Waals surface area contributed by atoms with Gasteiger partial charge in [-0.05, 0) is 36.4 Å². The summed E-state index contributed by atoms with van der Waals surface area (Å²) in [6.45, 7) is 0. The second-order valence-corrected chi connectivity index (χ2v) is 7.98. The zero-order valence-electron chi connectivity index (χ0n) is 15.4. The Kier molecular flexibility index (Phi) is 4.38. The molecule has 1 aliphatic rings. The lowest BCUT2D eigenvalue weighted by Gasteiger charge is -2.17. The van der Waals surface area contributed by atoms with Crippen LogP contribution in [0, 0.1) is 0 Å². The maximum atomic E-state index is 12.9. The Morgan fingerprint density at radius 1 is 0.867 bits per heavy atom. The van der Waals surface area contributed by atoms with Crippen molar-refractivity contribution in [3.63, 3.8) is 0 Å². The number of phenols is 1. The van der Waals surface area contributed by atoms with Crippen LogP contribution in [0.3, 0.4) is 0 Å². The highest BCUT2D eigenvalue weighted by Crippen LogP contribution is 2.38. The number of amides is 2. The molecule has 0 saturated heterocycles. The highest BCUT2D eigenvalue weighted by Gasteiger charge is 2.37.